The summed E-state index contributed by atoms with van der Waals surface area (Å²) >= 11 is 3.42. The lowest BCUT2D eigenvalue weighted by Crippen LogP contribution is -2.31. The van der Waals surface area contributed by atoms with E-state index in [0.29, 0.717) is 23.5 Å². The van der Waals surface area contributed by atoms with Crippen molar-refractivity contribution >= 4 is 33.4 Å². The van der Waals surface area contributed by atoms with E-state index in [2.05, 4.69) is 26.6 Å². The molecule has 0 spiro atoms. The van der Waals surface area contributed by atoms with Gasteiger partial charge in [0.25, 0.3) is 11.8 Å². The molecular formula is C21H23BrN2O4. The van der Waals surface area contributed by atoms with Crippen LogP contribution in [0.2, 0.25) is 0 Å². The Bertz CT molecular complexity index is 833. The molecular weight excluding hydrogens is 424 g/mol. The Hall–Kier alpha value is -2.38. The standard InChI is InChI=1S/C21H23BrN2O4/c1-14-4-9-19(18(22)11-14)28-13-20(25)24-16-7-5-15(6-8-16)21(26)23-12-17-3-2-10-27-17/h4-9,11,17H,2-3,10,12-13H2,1H3,(H,23,26)(H,24,25). The van der Waals surface area contributed by atoms with Crippen molar-refractivity contribution in [1.29, 1.82) is 0 Å². The van der Waals surface area contributed by atoms with E-state index in [9.17, 15) is 9.59 Å². The van der Waals surface area contributed by atoms with Crippen LogP contribution in [0, 0.1) is 6.92 Å². The van der Waals surface area contributed by atoms with E-state index in [-0.39, 0.29) is 24.5 Å². The second-order valence-electron chi connectivity index (χ2n) is 6.69. The molecule has 0 bridgehead atoms. The van der Waals surface area contributed by atoms with Crippen LogP contribution >= 0.6 is 15.9 Å². The van der Waals surface area contributed by atoms with Crippen LogP contribution in [0.15, 0.2) is 46.9 Å². The van der Waals surface area contributed by atoms with Crippen LogP contribution in [-0.4, -0.2) is 37.7 Å². The van der Waals surface area contributed by atoms with Gasteiger partial charge in [-0.1, -0.05) is 6.07 Å². The van der Waals surface area contributed by atoms with Gasteiger partial charge in [0.1, 0.15) is 5.75 Å². The molecule has 28 heavy (non-hydrogen) atoms. The van der Waals surface area contributed by atoms with Crippen LogP contribution in [0.1, 0.15) is 28.8 Å². The van der Waals surface area contributed by atoms with Gasteiger partial charge < -0.3 is 20.1 Å². The molecule has 0 saturated carbocycles. The monoisotopic (exact) mass is 446 g/mol. The summed E-state index contributed by atoms with van der Waals surface area (Å²) in [6, 6.07) is 12.4. The zero-order valence-electron chi connectivity index (χ0n) is 15.7. The molecule has 2 amide bonds. The molecule has 6 nitrogen and oxygen atoms in total. The van der Waals surface area contributed by atoms with Crippen molar-refractivity contribution < 1.29 is 19.1 Å². The highest BCUT2D eigenvalue weighted by atomic mass is 79.9. The van der Waals surface area contributed by atoms with Gasteiger partial charge in [-0.15, -0.1) is 0 Å². The van der Waals surface area contributed by atoms with Crippen molar-refractivity contribution in [1.82, 2.24) is 5.32 Å². The number of hydrogen-bond donors (Lipinski definition) is 2. The van der Waals surface area contributed by atoms with E-state index in [1.165, 1.54) is 0 Å². The summed E-state index contributed by atoms with van der Waals surface area (Å²) in [5.74, 6) is 0.183. The van der Waals surface area contributed by atoms with Gasteiger partial charge in [0.2, 0.25) is 0 Å². The number of rotatable bonds is 7. The number of benzene rings is 2. The van der Waals surface area contributed by atoms with Crippen LogP contribution < -0.4 is 15.4 Å². The van der Waals surface area contributed by atoms with Gasteiger partial charge in [-0.05, 0) is 77.7 Å². The van der Waals surface area contributed by atoms with E-state index < -0.39 is 0 Å². The third kappa shape index (κ3) is 5.81. The number of halogens is 1. The predicted octanol–water partition coefficient (Wildman–Crippen LogP) is 3.68. The second-order valence-corrected chi connectivity index (χ2v) is 7.55. The van der Waals surface area contributed by atoms with Crippen molar-refractivity contribution in [3.63, 3.8) is 0 Å². The lowest BCUT2D eigenvalue weighted by molar-refractivity contribution is -0.118. The van der Waals surface area contributed by atoms with Crippen LogP contribution in [0.25, 0.3) is 0 Å². The normalized spacial score (nSPS) is 15.9. The van der Waals surface area contributed by atoms with Gasteiger partial charge in [0, 0.05) is 24.4 Å². The average Bonchev–Trinajstić information content (AvgIpc) is 3.19. The number of ether oxygens (including phenoxy) is 2. The average molecular weight is 447 g/mol. The largest absolute Gasteiger partial charge is 0.483 e. The smallest absolute Gasteiger partial charge is 0.262 e. The first-order valence-electron chi connectivity index (χ1n) is 9.20. The van der Waals surface area contributed by atoms with Gasteiger partial charge in [-0.2, -0.15) is 0 Å². The first-order valence-corrected chi connectivity index (χ1v) is 9.99. The number of aryl methyl sites for hydroxylation is 1. The second kappa shape index (κ2) is 9.71. The summed E-state index contributed by atoms with van der Waals surface area (Å²) in [6.07, 6.45) is 2.13. The molecule has 1 aliphatic rings. The third-order valence-corrected chi connectivity index (χ3v) is 5.01. The minimum absolute atomic E-state index is 0.106. The lowest BCUT2D eigenvalue weighted by atomic mass is 10.2. The van der Waals surface area contributed by atoms with Crippen molar-refractivity contribution in [3.8, 4) is 5.75 Å². The first kappa shape index (κ1) is 20.4. The van der Waals surface area contributed by atoms with Gasteiger partial charge in [0.05, 0.1) is 10.6 Å². The van der Waals surface area contributed by atoms with Crippen molar-refractivity contribution in [2.45, 2.75) is 25.9 Å². The Morgan fingerprint density at radius 2 is 2.00 bits per heavy atom. The number of carbonyl (C=O) groups is 2. The summed E-state index contributed by atoms with van der Waals surface area (Å²) in [4.78, 5) is 24.3. The highest BCUT2D eigenvalue weighted by molar-refractivity contribution is 9.10. The summed E-state index contributed by atoms with van der Waals surface area (Å²) < 4.78 is 11.8. The van der Waals surface area contributed by atoms with E-state index in [1.54, 1.807) is 24.3 Å². The molecule has 1 unspecified atom stereocenters. The van der Waals surface area contributed by atoms with Crippen molar-refractivity contribution in [3.05, 3.63) is 58.1 Å². The number of nitrogens with one attached hydrogen (secondary N) is 2. The van der Waals surface area contributed by atoms with Gasteiger partial charge in [0.15, 0.2) is 6.61 Å². The fraction of sp³-hybridized carbons (Fsp3) is 0.333. The maximum absolute atomic E-state index is 12.2. The highest BCUT2D eigenvalue weighted by Crippen LogP contribution is 2.25. The summed E-state index contributed by atoms with van der Waals surface area (Å²) in [5, 5.41) is 5.63. The number of hydrogen-bond acceptors (Lipinski definition) is 4. The Kier molecular flexibility index (Phi) is 7.06. The lowest BCUT2D eigenvalue weighted by Gasteiger charge is -2.11. The molecule has 3 rings (SSSR count). The minimum Gasteiger partial charge on any atom is -0.483 e. The maximum Gasteiger partial charge on any atom is 0.262 e. The summed E-state index contributed by atoms with van der Waals surface area (Å²) in [6.45, 7) is 3.15. The van der Waals surface area contributed by atoms with Crippen molar-refractivity contribution in [2.75, 3.05) is 25.1 Å². The Morgan fingerprint density at radius 1 is 1.21 bits per heavy atom. The van der Waals surface area contributed by atoms with Crippen molar-refractivity contribution in [2.24, 2.45) is 0 Å². The van der Waals surface area contributed by atoms with Gasteiger partial charge in [-0.3, -0.25) is 9.59 Å². The molecule has 0 aromatic heterocycles. The van der Waals surface area contributed by atoms with E-state index in [1.807, 2.05) is 25.1 Å². The minimum atomic E-state index is -0.275. The predicted molar refractivity (Wildman–Crippen MR) is 111 cm³/mol. The topological polar surface area (TPSA) is 76.7 Å². The molecule has 2 N–H and O–H groups in total. The SMILES string of the molecule is Cc1ccc(OCC(=O)Nc2ccc(C(=O)NCC3CCCO3)cc2)c(Br)c1. The first-order chi connectivity index (χ1) is 13.5. The van der Waals surface area contributed by atoms with Crippen LogP contribution in [0.4, 0.5) is 5.69 Å². The molecule has 0 radical (unpaired) electrons. The Morgan fingerprint density at radius 3 is 2.68 bits per heavy atom. The zero-order valence-corrected chi connectivity index (χ0v) is 17.3. The number of anilines is 1. The quantitative estimate of drug-likeness (QED) is 0.679. The molecule has 148 valence electrons. The van der Waals surface area contributed by atoms with Gasteiger partial charge >= 0.3 is 0 Å². The van der Waals surface area contributed by atoms with E-state index in [0.717, 1.165) is 29.5 Å². The van der Waals surface area contributed by atoms with Crippen LogP contribution in [0.3, 0.4) is 0 Å². The molecule has 1 fully saturated rings. The zero-order chi connectivity index (χ0) is 19.9. The van der Waals surface area contributed by atoms with Gasteiger partial charge in [-0.25, -0.2) is 0 Å². The fourth-order valence-corrected chi connectivity index (χ4v) is 3.49. The Balaban J connectivity index is 1.46. The summed E-state index contributed by atoms with van der Waals surface area (Å²) in [7, 11) is 0. The van der Waals surface area contributed by atoms with Crippen LogP contribution in [-0.2, 0) is 9.53 Å². The third-order valence-electron chi connectivity index (χ3n) is 4.39. The maximum atomic E-state index is 12.2. The number of carbonyl (C=O) groups excluding carboxylic acids is 2. The number of amides is 2. The molecule has 0 aliphatic carbocycles. The summed E-state index contributed by atoms with van der Waals surface area (Å²) in [5.41, 5.74) is 2.24. The van der Waals surface area contributed by atoms with E-state index in [4.69, 9.17) is 9.47 Å². The molecule has 1 atom stereocenters. The van der Waals surface area contributed by atoms with Crippen LogP contribution in [0.5, 0.6) is 5.75 Å². The molecule has 7 heteroatoms. The van der Waals surface area contributed by atoms with E-state index >= 15 is 0 Å². The fourth-order valence-electron chi connectivity index (χ4n) is 2.88. The Labute approximate surface area is 172 Å². The molecule has 1 aliphatic heterocycles. The molecule has 2 aromatic carbocycles. The molecule has 1 saturated heterocycles. The molecule has 2 aromatic rings. The molecule has 1 heterocycles. The highest BCUT2D eigenvalue weighted by Gasteiger charge is 2.16.